The third kappa shape index (κ3) is 6.08. The Bertz CT molecular complexity index is 194. The van der Waals surface area contributed by atoms with E-state index in [9.17, 15) is 9.59 Å². The molecule has 0 saturated heterocycles. The van der Waals surface area contributed by atoms with Crippen LogP contribution < -0.4 is 0 Å². The van der Waals surface area contributed by atoms with Crippen molar-refractivity contribution >= 4 is 11.8 Å². The predicted octanol–water partition coefficient (Wildman–Crippen LogP) is 1.86. The molecule has 0 amide bonds. The largest absolute Gasteiger partial charge is 0.460 e. The first-order valence-corrected chi connectivity index (χ1v) is 4.53. The van der Waals surface area contributed by atoms with Gasteiger partial charge >= 0.3 is 5.97 Å². The molecule has 3 heteroatoms. The number of Topliss-reactive ketones (excluding diaryl/α,β-unsaturated/α-hetero) is 1. The number of ketones is 1. The molecule has 3 nitrogen and oxygen atoms in total. The molecule has 0 aliphatic rings. The van der Waals surface area contributed by atoms with Crippen LogP contribution in [-0.2, 0) is 14.3 Å². The molecule has 0 aliphatic heterocycles. The third-order valence-corrected chi connectivity index (χ3v) is 1.51. The van der Waals surface area contributed by atoms with Crippen molar-refractivity contribution in [3.8, 4) is 0 Å². The Hall–Kier alpha value is -1.12. The highest BCUT2D eigenvalue weighted by molar-refractivity contribution is 6.33. The Balaban J connectivity index is 3.56. The van der Waals surface area contributed by atoms with E-state index in [0.29, 0.717) is 6.42 Å². The molecule has 0 fully saturated rings. The number of esters is 1. The first-order valence-electron chi connectivity index (χ1n) is 4.53. The number of hydrogen-bond acceptors (Lipinski definition) is 3. The average Bonchev–Trinajstić information content (AvgIpc) is 2.12. The molecule has 0 unspecified atom stereocenters. The van der Waals surface area contributed by atoms with Gasteiger partial charge in [0.1, 0.15) is 0 Å². The van der Waals surface area contributed by atoms with Crippen LogP contribution in [0.5, 0.6) is 0 Å². The van der Waals surface area contributed by atoms with Crippen LogP contribution in [0.15, 0.2) is 12.2 Å². The summed E-state index contributed by atoms with van der Waals surface area (Å²) in [6.45, 7) is 3.87. The van der Waals surface area contributed by atoms with Gasteiger partial charge in [-0.1, -0.05) is 12.2 Å². The van der Waals surface area contributed by atoms with Gasteiger partial charge in [0, 0.05) is 6.42 Å². The molecule has 74 valence electrons. The van der Waals surface area contributed by atoms with E-state index in [4.69, 9.17) is 0 Å². The standard InChI is InChI=1S/C10H16O3/c1-3-5-6-7-8-9(11)10(12)13-4-2/h3,5H,4,6-8H2,1-2H3/b5-3-. The topological polar surface area (TPSA) is 43.4 Å². The fourth-order valence-corrected chi connectivity index (χ4v) is 0.861. The summed E-state index contributed by atoms with van der Waals surface area (Å²) in [7, 11) is 0. The molecule has 0 heterocycles. The fourth-order valence-electron chi connectivity index (χ4n) is 0.861. The molecular formula is C10H16O3. The summed E-state index contributed by atoms with van der Waals surface area (Å²) in [5, 5.41) is 0. The van der Waals surface area contributed by atoms with Gasteiger partial charge in [-0.2, -0.15) is 0 Å². The Morgan fingerprint density at radius 2 is 2.08 bits per heavy atom. The smallest absolute Gasteiger partial charge is 0.374 e. The minimum atomic E-state index is -0.706. The van der Waals surface area contributed by atoms with E-state index >= 15 is 0 Å². The lowest BCUT2D eigenvalue weighted by Crippen LogP contribution is -2.16. The summed E-state index contributed by atoms with van der Waals surface area (Å²) in [4.78, 5) is 21.8. The van der Waals surface area contributed by atoms with E-state index in [1.165, 1.54) is 0 Å². The van der Waals surface area contributed by atoms with E-state index < -0.39 is 11.8 Å². The molecule has 0 bridgehead atoms. The van der Waals surface area contributed by atoms with Crippen molar-refractivity contribution in [1.82, 2.24) is 0 Å². The summed E-state index contributed by atoms with van der Waals surface area (Å²) < 4.78 is 4.55. The van der Waals surface area contributed by atoms with Gasteiger partial charge in [-0.05, 0) is 26.7 Å². The van der Waals surface area contributed by atoms with Crippen LogP contribution in [-0.4, -0.2) is 18.4 Å². The summed E-state index contributed by atoms with van der Waals surface area (Å²) in [6.07, 6.45) is 5.72. The van der Waals surface area contributed by atoms with Crippen LogP contribution in [0.2, 0.25) is 0 Å². The second kappa shape index (κ2) is 7.53. The van der Waals surface area contributed by atoms with Gasteiger partial charge < -0.3 is 4.74 Å². The first kappa shape index (κ1) is 11.9. The highest BCUT2D eigenvalue weighted by Gasteiger charge is 2.12. The van der Waals surface area contributed by atoms with E-state index in [0.717, 1.165) is 6.42 Å². The molecule has 0 saturated carbocycles. The molecule has 0 aromatic carbocycles. The number of rotatable bonds is 6. The van der Waals surface area contributed by atoms with E-state index in [-0.39, 0.29) is 13.0 Å². The van der Waals surface area contributed by atoms with Crippen LogP contribution in [0.1, 0.15) is 33.1 Å². The van der Waals surface area contributed by atoms with Gasteiger partial charge in [-0.15, -0.1) is 0 Å². The Kier molecular flexibility index (Phi) is 6.88. The maximum atomic E-state index is 11.0. The summed E-state index contributed by atoms with van der Waals surface area (Å²) >= 11 is 0. The zero-order valence-corrected chi connectivity index (χ0v) is 8.21. The molecule has 0 rings (SSSR count). The van der Waals surface area contributed by atoms with Crippen molar-refractivity contribution in [2.45, 2.75) is 33.1 Å². The number of hydrogen-bond donors (Lipinski definition) is 0. The van der Waals surface area contributed by atoms with Crippen molar-refractivity contribution in [2.24, 2.45) is 0 Å². The number of ether oxygens (including phenoxy) is 1. The molecule has 0 aliphatic carbocycles. The highest BCUT2D eigenvalue weighted by Crippen LogP contribution is 1.99. The van der Waals surface area contributed by atoms with Crippen molar-refractivity contribution in [3.05, 3.63) is 12.2 Å². The number of carbonyl (C=O) groups is 2. The van der Waals surface area contributed by atoms with Gasteiger partial charge in [0.05, 0.1) is 6.61 Å². The van der Waals surface area contributed by atoms with Crippen molar-refractivity contribution in [3.63, 3.8) is 0 Å². The average molecular weight is 184 g/mol. The van der Waals surface area contributed by atoms with E-state index in [1.807, 2.05) is 19.1 Å². The first-order chi connectivity index (χ1) is 6.22. The normalized spacial score (nSPS) is 10.3. The van der Waals surface area contributed by atoms with Crippen LogP contribution in [0.25, 0.3) is 0 Å². The molecule has 0 atom stereocenters. The summed E-state index contributed by atoms with van der Waals surface area (Å²) in [6, 6.07) is 0. The Morgan fingerprint density at radius 1 is 1.38 bits per heavy atom. The van der Waals surface area contributed by atoms with Crippen molar-refractivity contribution < 1.29 is 14.3 Å². The lowest BCUT2D eigenvalue weighted by Gasteiger charge is -1.98. The molecule has 13 heavy (non-hydrogen) atoms. The maximum absolute atomic E-state index is 11.0. The minimum Gasteiger partial charge on any atom is -0.460 e. The fraction of sp³-hybridized carbons (Fsp3) is 0.600. The number of allylic oxidation sites excluding steroid dienone is 2. The number of unbranched alkanes of at least 4 members (excludes halogenated alkanes) is 1. The SMILES string of the molecule is C/C=C\CCCC(=O)C(=O)OCC. The monoisotopic (exact) mass is 184 g/mol. The van der Waals surface area contributed by atoms with Gasteiger partial charge in [0.25, 0.3) is 0 Å². The lowest BCUT2D eigenvalue weighted by molar-refractivity contribution is -0.153. The van der Waals surface area contributed by atoms with Crippen molar-refractivity contribution in [1.29, 1.82) is 0 Å². The van der Waals surface area contributed by atoms with Gasteiger partial charge in [0.15, 0.2) is 0 Å². The van der Waals surface area contributed by atoms with Crippen LogP contribution in [0.3, 0.4) is 0 Å². The Labute approximate surface area is 78.8 Å². The molecule has 0 aromatic rings. The zero-order chi connectivity index (χ0) is 10.1. The van der Waals surface area contributed by atoms with Crippen molar-refractivity contribution in [2.75, 3.05) is 6.61 Å². The maximum Gasteiger partial charge on any atom is 0.374 e. The van der Waals surface area contributed by atoms with Gasteiger partial charge in [-0.25, -0.2) is 4.79 Å². The second-order valence-electron chi connectivity index (χ2n) is 2.60. The van der Waals surface area contributed by atoms with E-state index in [1.54, 1.807) is 6.92 Å². The zero-order valence-electron chi connectivity index (χ0n) is 8.21. The van der Waals surface area contributed by atoms with Gasteiger partial charge in [-0.3, -0.25) is 4.79 Å². The molecule has 0 radical (unpaired) electrons. The molecular weight excluding hydrogens is 168 g/mol. The molecule has 0 aromatic heterocycles. The third-order valence-electron chi connectivity index (χ3n) is 1.51. The summed E-state index contributed by atoms with van der Waals surface area (Å²) in [5.41, 5.74) is 0. The molecule has 0 N–H and O–H groups in total. The number of carbonyl (C=O) groups excluding carboxylic acids is 2. The van der Waals surface area contributed by atoms with Gasteiger partial charge in [0.2, 0.25) is 5.78 Å². The lowest BCUT2D eigenvalue weighted by atomic mass is 10.2. The summed E-state index contributed by atoms with van der Waals surface area (Å²) in [5.74, 6) is -1.13. The van der Waals surface area contributed by atoms with Crippen LogP contribution in [0.4, 0.5) is 0 Å². The predicted molar refractivity (Wildman–Crippen MR) is 50.3 cm³/mol. The minimum absolute atomic E-state index is 0.263. The Morgan fingerprint density at radius 3 is 2.62 bits per heavy atom. The molecule has 0 spiro atoms. The van der Waals surface area contributed by atoms with Crippen LogP contribution >= 0.6 is 0 Å². The second-order valence-corrected chi connectivity index (χ2v) is 2.60. The quantitative estimate of drug-likeness (QED) is 0.274. The van der Waals surface area contributed by atoms with E-state index in [2.05, 4.69) is 4.74 Å². The highest BCUT2D eigenvalue weighted by atomic mass is 16.5. The van der Waals surface area contributed by atoms with Crippen LogP contribution in [0, 0.1) is 0 Å².